The molecule has 6 heteroatoms. The average molecular weight is 286 g/mol. The summed E-state index contributed by atoms with van der Waals surface area (Å²) in [7, 11) is 0. The van der Waals surface area contributed by atoms with Crippen LogP contribution in [0.25, 0.3) is 0 Å². The molecule has 0 fully saturated rings. The first-order valence-electron chi connectivity index (χ1n) is 6.49. The van der Waals surface area contributed by atoms with E-state index in [4.69, 9.17) is 20.4 Å². The van der Waals surface area contributed by atoms with E-state index >= 15 is 0 Å². The maximum Gasteiger partial charge on any atom is 0.0770 e. The van der Waals surface area contributed by atoms with Crippen LogP contribution >= 0.6 is 12.4 Å². The van der Waals surface area contributed by atoms with Crippen LogP contribution in [0.15, 0.2) is 0 Å². The van der Waals surface area contributed by atoms with Crippen molar-refractivity contribution in [1.82, 2.24) is 5.32 Å². The monoisotopic (exact) mass is 285 g/mol. The molecule has 2 unspecified atom stereocenters. The zero-order chi connectivity index (χ0) is 12.9. The van der Waals surface area contributed by atoms with Crippen molar-refractivity contribution in [3.8, 4) is 0 Å². The van der Waals surface area contributed by atoms with Crippen LogP contribution in [-0.2, 0) is 0 Å². The van der Waals surface area contributed by atoms with Gasteiger partial charge in [-0.3, -0.25) is 0 Å². The van der Waals surface area contributed by atoms with E-state index < -0.39 is 12.2 Å². The number of aliphatic hydroxyl groups is 4. The topological polar surface area (TPSA) is 93.0 Å². The molecule has 5 nitrogen and oxygen atoms in total. The van der Waals surface area contributed by atoms with E-state index in [1.54, 1.807) is 0 Å². The standard InChI is InChI=1S/C12H27NO4.ClH/c14-9-11(16)5-1-3-7-13-8-4-2-6-12(17)10-15;/h11-17H,1-10H2;1H. The van der Waals surface area contributed by atoms with Crippen LogP contribution in [0.5, 0.6) is 0 Å². The third-order valence-corrected chi connectivity index (χ3v) is 2.70. The van der Waals surface area contributed by atoms with E-state index in [9.17, 15) is 0 Å². The molecule has 0 aliphatic rings. The largest absolute Gasteiger partial charge is 0.394 e. The molecule has 0 bridgehead atoms. The lowest BCUT2D eigenvalue weighted by atomic mass is 10.1. The molecule has 0 amide bonds. The Morgan fingerprint density at radius 1 is 0.722 bits per heavy atom. The van der Waals surface area contributed by atoms with Crippen LogP contribution < -0.4 is 5.32 Å². The Hall–Kier alpha value is 0.0900. The van der Waals surface area contributed by atoms with E-state index in [2.05, 4.69) is 5.32 Å². The molecule has 0 saturated heterocycles. The van der Waals surface area contributed by atoms with Gasteiger partial charge in [0.15, 0.2) is 0 Å². The van der Waals surface area contributed by atoms with E-state index in [1.807, 2.05) is 0 Å². The van der Waals surface area contributed by atoms with Gasteiger partial charge in [-0.15, -0.1) is 12.4 Å². The van der Waals surface area contributed by atoms with Crippen LogP contribution in [-0.4, -0.2) is 58.9 Å². The van der Waals surface area contributed by atoms with Crippen molar-refractivity contribution in [2.45, 2.75) is 50.7 Å². The fourth-order valence-electron chi connectivity index (χ4n) is 1.57. The van der Waals surface area contributed by atoms with Gasteiger partial charge in [0.2, 0.25) is 0 Å². The number of nitrogens with one attached hydrogen (secondary N) is 1. The van der Waals surface area contributed by atoms with E-state index in [-0.39, 0.29) is 25.6 Å². The summed E-state index contributed by atoms with van der Waals surface area (Å²) in [6.07, 6.45) is 3.98. The van der Waals surface area contributed by atoms with Crippen LogP contribution in [0.1, 0.15) is 38.5 Å². The van der Waals surface area contributed by atoms with E-state index in [1.165, 1.54) is 0 Å². The van der Waals surface area contributed by atoms with Gasteiger partial charge >= 0.3 is 0 Å². The number of halogens is 1. The van der Waals surface area contributed by atoms with Crippen molar-refractivity contribution in [3.63, 3.8) is 0 Å². The summed E-state index contributed by atoms with van der Waals surface area (Å²) in [6, 6.07) is 0. The van der Waals surface area contributed by atoms with Gasteiger partial charge in [0.05, 0.1) is 25.4 Å². The molecule has 18 heavy (non-hydrogen) atoms. The molecule has 0 rings (SSSR count). The third-order valence-electron chi connectivity index (χ3n) is 2.70. The summed E-state index contributed by atoms with van der Waals surface area (Å²) in [5, 5.41) is 38.7. The highest BCUT2D eigenvalue weighted by molar-refractivity contribution is 5.85. The molecular formula is C12H28ClNO4. The molecule has 0 radical (unpaired) electrons. The molecule has 0 aliphatic carbocycles. The highest BCUT2D eigenvalue weighted by Gasteiger charge is 2.01. The minimum atomic E-state index is -0.574. The number of unbranched alkanes of at least 4 members (excludes halogenated alkanes) is 2. The summed E-state index contributed by atoms with van der Waals surface area (Å²) in [4.78, 5) is 0. The minimum Gasteiger partial charge on any atom is -0.394 e. The smallest absolute Gasteiger partial charge is 0.0770 e. The Morgan fingerprint density at radius 2 is 1.11 bits per heavy atom. The molecule has 0 spiro atoms. The van der Waals surface area contributed by atoms with Gasteiger partial charge in [-0.05, 0) is 51.6 Å². The zero-order valence-corrected chi connectivity index (χ0v) is 11.7. The van der Waals surface area contributed by atoms with Gasteiger partial charge in [0, 0.05) is 0 Å². The fraction of sp³-hybridized carbons (Fsp3) is 1.00. The van der Waals surface area contributed by atoms with Gasteiger partial charge in [-0.25, -0.2) is 0 Å². The maximum atomic E-state index is 9.09. The van der Waals surface area contributed by atoms with Gasteiger partial charge in [-0.2, -0.15) is 0 Å². The number of hydrogen-bond acceptors (Lipinski definition) is 5. The van der Waals surface area contributed by atoms with E-state index in [0.29, 0.717) is 12.8 Å². The second kappa shape index (κ2) is 15.1. The lowest BCUT2D eigenvalue weighted by molar-refractivity contribution is 0.0858. The second-order valence-corrected chi connectivity index (χ2v) is 4.41. The van der Waals surface area contributed by atoms with Crippen molar-refractivity contribution < 1.29 is 20.4 Å². The average Bonchev–Trinajstić information content (AvgIpc) is 2.35. The zero-order valence-electron chi connectivity index (χ0n) is 10.9. The molecule has 0 aromatic rings. The summed E-state index contributed by atoms with van der Waals surface area (Å²) < 4.78 is 0. The highest BCUT2D eigenvalue weighted by atomic mass is 35.5. The predicted molar refractivity (Wildman–Crippen MR) is 74.0 cm³/mol. The van der Waals surface area contributed by atoms with Gasteiger partial charge < -0.3 is 25.7 Å². The first-order chi connectivity index (χ1) is 8.20. The normalized spacial score (nSPS) is 14.0. The van der Waals surface area contributed by atoms with Crippen LogP contribution in [0.2, 0.25) is 0 Å². The molecule has 0 heterocycles. The highest BCUT2D eigenvalue weighted by Crippen LogP contribution is 2.00. The van der Waals surface area contributed by atoms with Crippen molar-refractivity contribution in [1.29, 1.82) is 0 Å². The molecule has 0 saturated carbocycles. The maximum absolute atomic E-state index is 9.09. The van der Waals surface area contributed by atoms with Gasteiger partial charge in [0.25, 0.3) is 0 Å². The summed E-state index contributed by atoms with van der Waals surface area (Å²) >= 11 is 0. The van der Waals surface area contributed by atoms with Gasteiger partial charge in [0.1, 0.15) is 0 Å². The molecule has 112 valence electrons. The van der Waals surface area contributed by atoms with E-state index in [0.717, 1.165) is 38.8 Å². The van der Waals surface area contributed by atoms with Gasteiger partial charge in [-0.1, -0.05) is 0 Å². The molecule has 0 aliphatic heterocycles. The second-order valence-electron chi connectivity index (χ2n) is 4.41. The predicted octanol–water partition coefficient (Wildman–Crippen LogP) is 0.0448. The summed E-state index contributed by atoms with van der Waals surface area (Å²) in [5.74, 6) is 0. The summed E-state index contributed by atoms with van der Waals surface area (Å²) in [6.45, 7) is 1.53. The quantitative estimate of drug-likeness (QED) is 0.327. The number of aliphatic hydroxyl groups excluding tert-OH is 4. The fourth-order valence-corrected chi connectivity index (χ4v) is 1.57. The first kappa shape index (κ1) is 20.4. The lowest BCUT2D eigenvalue weighted by Crippen LogP contribution is -2.19. The van der Waals surface area contributed by atoms with Crippen molar-refractivity contribution >= 4 is 12.4 Å². The molecule has 5 N–H and O–H groups in total. The Kier molecular flexibility index (Phi) is 17.2. The molecule has 2 atom stereocenters. The third kappa shape index (κ3) is 14.2. The first-order valence-corrected chi connectivity index (χ1v) is 6.49. The number of rotatable bonds is 12. The van der Waals surface area contributed by atoms with Crippen molar-refractivity contribution in [3.05, 3.63) is 0 Å². The Labute approximate surface area is 116 Å². The van der Waals surface area contributed by atoms with Crippen molar-refractivity contribution in [2.24, 2.45) is 0 Å². The number of hydrogen-bond donors (Lipinski definition) is 5. The lowest BCUT2D eigenvalue weighted by Gasteiger charge is -2.08. The SMILES string of the molecule is Cl.OCC(O)CCCCNCCCCC(O)CO. The van der Waals surface area contributed by atoms with Crippen LogP contribution in [0.3, 0.4) is 0 Å². The minimum absolute atomic E-state index is 0. The van der Waals surface area contributed by atoms with Crippen LogP contribution in [0.4, 0.5) is 0 Å². The Balaban J connectivity index is 0. The Morgan fingerprint density at radius 3 is 1.44 bits per heavy atom. The molecule has 0 aromatic carbocycles. The van der Waals surface area contributed by atoms with Crippen LogP contribution in [0, 0.1) is 0 Å². The molecular weight excluding hydrogens is 258 g/mol. The Bertz CT molecular complexity index is 147. The summed E-state index contributed by atoms with van der Waals surface area (Å²) in [5.41, 5.74) is 0. The van der Waals surface area contributed by atoms with Crippen molar-refractivity contribution in [2.75, 3.05) is 26.3 Å². The molecule has 0 aromatic heterocycles.